The molecule has 0 bridgehead atoms. The Morgan fingerprint density at radius 3 is 2.68 bits per heavy atom. The molecule has 1 rings (SSSR count). The van der Waals surface area contributed by atoms with Gasteiger partial charge in [-0.05, 0) is 18.2 Å². The molecule has 0 saturated heterocycles. The number of carboxylic acid groups (broad SMARTS) is 1. The summed E-state index contributed by atoms with van der Waals surface area (Å²) in [6, 6.07) is 3.06. The number of aliphatic carboxylic acids is 1. The molecule has 2 amide bonds. The van der Waals surface area contributed by atoms with E-state index in [1.54, 1.807) is 0 Å². The second kappa shape index (κ2) is 6.91. The maximum Gasteiger partial charge on any atom is 0.332 e. The van der Waals surface area contributed by atoms with Gasteiger partial charge >= 0.3 is 12.0 Å². The molecule has 1 aromatic rings. The summed E-state index contributed by atoms with van der Waals surface area (Å²) >= 11 is 5.53. The van der Waals surface area contributed by atoms with Gasteiger partial charge in [-0.1, -0.05) is 11.6 Å². The van der Waals surface area contributed by atoms with Crippen LogP contribution in [-0.2, 0) is 4.79 Å². The average Bonchev–Trinajstić information content (AvgIpc) is 2.33. The molecule has 0 radical (unpaired) electrons. The van der Waals surface area contributed by atoms with Crippen LogP contribution in [0.3, 0.4) is 0 Å². The molecule has 8 heteroatoms. The van der Waals surface area contributed by atoms with Gasteiger partial charge in [0.25, 0.3) is 0 Å². The predicted octanol–water partition coefficient (Wildman–Crippen LogP) is 1.44. The Kier molecular flexibility index (Phi) is 5.53. The first-order chi connectivity index (χ1) is 8.90. The van der Waals surface area contributed by atoms with Gasteiger partial charge in [0, 0.05) is 18.7 Å². The zero-order chi connectivity index (χ0) is 14.4. The van der Waals surface area contributed by atoms with Gasteiger partial charge in [-0.25, -0.2) is 14.0 Å². The number of halogens is 2. The fraction of sp³-hybridized carbons (Fsp3) is 0.273. The fourth-order valence-corrected chi connectivity index (χ4v) is 1.38. The number of carbonyl (C=O) groups excluding carboxylic acids is 1. The molecular weight excluding hydrogens is 279 g/mol. The number of carbonyl (C=O) groups is 2. The Morgan fingerprint density at radius 1 is 1.42 bits per heavy atom. The van der Waals surface area contributed by atoms with Gasteiger partial charge in [0.2, 0.25) is 0 Å². The van der Waals surface area contributed by atoms with Crippen molar-refractivity contribution < 1.29 is 24.2 Å². The molecule has 0 heterocycles. The Morgan fingerprint density at radius 2 is 2.11 bits per heavy atom. The highest BCUT2D eigenvalue weighted by atomic mass is 35.5. The minimum absolute atomic E-state index is 0.0196. The van der Waals surface area contributed by atoms with Crippen molar-refractivity contribution >= 4 is 29.3 Å². The topological polar surface area (TPSA) is 98.7 Å². The molecule has 4 N–H and O–H groups in total. The average molecular weight is 291 g/mol. The van der Waals surface area contributed by atoms with Crippen LogP contribution in [0.5, 0.6) is 0 Å². The van der Waals surface area contributed by atoms with Crippen molar-refractivity contribution in [1.29, 1.82) is 0 Å². The van der Waals surface area contributed by atoms with Crippen LogP contribution in [0.15, 0.2) is 18.2 Å². The third-order valence-electron chi connectivity index (χ3n) is 2.17. The van der Waals surface area contributed by atoms with E-state index in [4.69, 9.17) is 21.8 Å². The van der Waals surface area contributed by atoms with Crippen molar-refractivity contribution in [2.24, 2.45) is 0 Å². The van der Waals surface area contributed by atoms with E-state index in [0.717, 1.165) is 6.07 Å². The molecule has 0 aromatic heterocycles. The molecule has 0 aliphatic carbocycles. The third-order valence-corrected chi connectivity index (χ3v) is 2.46. The summed E-state index contributed by atoms with van der Waals surface area (Å²) < 4.78 is 12.9. The van der Waals surface area contributed by atoms with Crippen molar-refractivity contribution in [3.05, 3.63) is 29.0 Å². The summed E-state index contributed by atoms with van der Waals surface area (Å²) in [5.41, 5.74) is 0.294. The van der Waals surface area contributed by atoms with Crippen LogP contribution in [0.1, 0.15) is 6.42 Å². The largest absolute Gasteiger partial charge is 0.479 e. The Bertz CT molecular complexity index is 484. The Hall–Kier alpha value is -1.86. The van der Waals surface area contributed by atoms with Gasteiger partial charge < -0.3 is 20.8 Å². The predicted molar refractivity (Wildman–Crippen MR) is 66.7 cm³/mol. The smallest absolute Gasteiger partial charge is 0.332 e. The molecule has 0 aliphatic heterocycles. The van der Waals surface area contributed by atoms with Gasteiger partial charge in [-0.2, -0.15) is 0 Å². The first-order valence-electron chi connectivity index (χ1n) is 5.31. The van der Waals surface area contributed by atoms with Crippen molar-refractivity contribution in [1.82, 2.24) is 5.32 Å². The van der Waals surface area contributed by atoms with Crippen LogP contribution in [-0.4, -0.2) is 34.9 Å². The molecule has 0 unspecified atom stereocenters. The molecule has 0 saturated carbocycles. The summed E-state index contributed by atoms with van der Waals surface area (Å²) in [6.07, 6.45) is -1.65. The minimum atomic E-state index is -1.53. The molecular formula is C11H12ClFN2O4. The molecule has 0 fully saturated rings. The summed E-state index contributed by atoms with van der Waals surface area (Å²) in [7, 11) is 0. The van der Waals surface area contributed by atoms with Crippen molar-refractivity contribution in [2.45, 2.75) is 12.5 Å². The lowest BCUT2D eigenvalue weighted by Crippen LogP contribution is -2.33. The van der Waals surface area contributed by atoms with Crippen molar-refractivity contribution in [3.63, 3.8) is 0 Å². The minimum Gasteiger partial charge on any atom is -0.479 e. The van der Waals surface area contributed by atoms with Crippen LogP contribution < -0.4 is 10.6 Å². The lowest BCUT2D eigenvalue weighted by molar-refractivity contribution is -0.146. The summed E-state index contributed by atoms with van der Waals surface area (Å²) in [5.74, 6) is -1.95. The van der Waals surface area contributed by atoms with Gasteiger partial charge in [0.15, 0.2) is 6.10 Å². The summed E-state index contributed by atoms with van der Waals surface area (Å²) in [6.45, 7) is -0.0196. The highest BCUT2D eigenvalue weighted by Gasteiger charge is 2.12. The van der Waals surface area contributed by atoms with Crippen LogP contribution in [0, 0.1) is 5.82 Å². The van der Waals surface area contributed by atoms with E-state index in [1.807, 2.05) is 0 Å². The Labute approximate surface area is 113 Å². The lowest BCUT2D eigenvalue weighted by atomic mass is 10.2. The van der Waals surface area contributed by atoms with Crippen LogP contribution in [0.4, 0.5) is 14.9 Å². The van der Waals surface area contributed by atoms with E-state index in [1.165, 1.54) is 12.1 Å². The summed E-state index contributed by atoms with van der Waals surface area (Å²) in [5, 5.41) is 22.0. The number of rotatable bonds is 5. The highest BCUT2D eigenvalue weighted by molar-refractivity contribution is 6.31. The number of carboxylic acids is 1. The quantitative estimate of drug-likeness (QED) is 0.659. The number of hydrogen-bond acceptors (Lipinski definition) is 3. The molecule has 1 aromatic carbocycles. The number of hydrogen-bond donors (Lipinski definition) is 4. The highest BCUT2D eigenvalue weighted by Crippen LogP contribution is 2.19. The van der Waals surface area contributed by atoms with E-state index in [2.05, 4.69) is 10.6 Å². The van der Waals surface area contributed by atoms with Gasteiger partial charge in [0.1, 0.15) is 5.82 Å². The molecule has 19 heavy (non-hydrogen) atoms. The first-order valence-corrected chi connectivity index (χ1v) is 5.68. The fourth-order valence-electron chi connectivity index (χ4n) is 1.20. The number of urea groups is 1. The van der Waals surface area contributed by atoms with E-state index in [-0.39, 0.29) is 18.0 Å². The van der Waals surface area contributed by atoms with Gasteiger partial charge in [-0.3, -0.25) is 0 Å². The van der Waals surface area contributed by atoms with E-state index < -0.39 is 23.9 Å². The van der Waals surface area contributed by atoms with Gasteiger partial charge in [-0.15, -0.1) is 0 Å². The normalized spacial score (nSPS) is 11.7. The van der Waals surface area contributed by atoms with Crippen molar-refractivity contribution in [2.75, 3.05) is 11.9 Å². The number of aliphatic hydroxyl groups excluding tert-OH is 1. The molecule has 0 aliphatic rings. The number of aliphatic hydroxyl groups is 1. The standard InChI is InChI=1S/C11H12ClFN2O4/c12-7-5-6(1-2-8(7)13)15-11(19)14-4-3-9(16)10(17)18/h1-2,5,9,16H,3-4H2,(H,17,18)(H2,14,15,19)/t9-/m0/s1. The second-order valence-corrected chi connectivity index (χ2v) is 4.06. The van der Waals surface area contributed by atoms with Crippen LogP contribution in [0.2, 0.25) is 5.02 Å². The molecule has 6 nitrogen and oxygen atoms in total. The lowest BCUT2D eigenvalue weighted by Gasteiger charge is -2.09. The van der Waals surface area contributed by atoms with Gasteiger partial charge in [0.05, 0.1) is 5.02 Å². The maximum atomic E-state index is 12.9. The zero-order valence-electron chi connectivity index (χ0n) is 9.69. The Balaban J connectivity index is 2.39. The van der Waals surface area contributed by atoms with Crippen LogP contribution in [0.25, 0.3) is 0 Å². The number of benzene rings is 1. The third kappa shape index (κ3) is 5.11. The van der Waals surface area contributed by atoms with Crippen LogP contribution >= 0.6 is 11.6 Å². The number of nitrogens with one attached hydrogen (secondary N) is 2. The zero-order valence-corrected chi connectivity index (χ0v) is 10.4. The van der Waals surface area contributed by atoms with E-state index in [9.17, 15) is 14.0 Å². The molecule has 104 valence electrons. The van der Waals surface area contributed by atoms with E-state index >= 15 is 0 Å². The molecule has 1 atom stereocenters. The SMILES string of the molecule is O=C(NCC[C@H](O)C(=O)O)Nc1ccc(F)c(Cl)c1. The monoisotopic (exact) mass is 290 g/mol. The number of anilines is 1. The van der Waals surface area contributed by atoms with Crippen molar-refractivity contribution in [3.8, 4) is 0 Å². The maximum absolute atomic E-state index is 12.9. The first kappa shape index (κ1) is 15.2. The second-order valence-electron chi connectivity index (χ2n) is 3.65. The molecule has 0 spiro atoms. The number of amides is 2. The summed E-state index contributed by atoms with van der Waals surface area (Å²) in [4.78, 5) is 21.7. The van der Waals surface area contributed by atoms with E-state index in [0.29, 0.717) is 5.69 Å².